The molecule has 1 heterocycles. The molecular formula is C11H9ClFN3OS. The van der Waals surface area contributed by atoms with Crippen molar-refractivity contribution >= 4 is 39.8 Å². The molecule has 2 amide bonds. The van der Waals surface area contributed by atoms with E-state index in [9.17, 15) is 9.18 Å². The largest absolute Gasteiger partial charge is 0.325 e. The number of urea groups is 1. The van der Waals surface area contributed by atoms with E-state index in [1.807, 2.05) is 6.92 Å². The number of thiazole rings is 1. The van der Waals surface area contributed by atoms with Crippen molar-refractivity contribution in [1.29, 1.82) is 0 Å². The van der Waals surface area contributed by atoms with Crippen LogP contribution in [-0.2, 0) is 0 Å². The summed E-state index contributed by atoms with van der Waals surface area (Å²) in [6, 6.07) is 3.59. The van der Waals surface area contributed by atoms with Crippen LogP contribution in [0.15, 0.2) is 23.6 Å². The molecule has 7 heteroatoms. The van der Waals surface area contributed by atoms with Gasteiger partial charge in [-0.1, -0.05) is 17.7 Å². The van der Waals surface area contributed by atoms with E-state index in [0.29, 0.717) is 5.13 Å². The zero-order valence-electron chi connectivity index (χ0n) is 9.33. The molecule has 0 fully saturated rings. The second-order valence-electron chi connectivity index (χ2n) is 3.47. The van der Waals surface area contributed by atoms with Crippen LogP contribution in [0, 0.1) is 12.7 Å². The maximum atomic E-state index is 13.4. The quantitative estimate of drug-likeness (QED) is 0.879. The standard InChI is InChI=1S/C11H9ClFN3OS/c1-6-5-18-11(14-6)16-10(17)15-9-7(12)3-2-4-8(9)13/h2-5H,1H3,(H2,14,15,16,17). The Morgan fingerprint density at radius 3 is 2.83 bits per heavy atom. The first-order valence-electron chi connectivity index (χ1n) is 5.00. The Hall–Kier alpha value is -1.66. The van der Waals surface area contributed by atoms with Gasteiger partial charge < -0.3 is 5.32 Å². The smallest absolute Gasteiger partial charge is 0.304 e. The molecule has 0 radical (unpaired) electrons. The molecule has 0 saturated heterocycles. The summed E-state index contributed by atoms with van der Waals surface area (Å²) in [5, 5.41) is 7.22. The fourth-order valence-electron chi connectivity index (χ4n) is 1.27. The van der Waals surface area contributed by atoms with E-state index in [4.69, 9.17) is 11.6 Å². The lowest BCUT2D eigenvalue weighted by Crippen LogP contribution is -2.20. The number of anilines is 2. The molecule has 0 spiro atoms. The summed E-state index contributed by atoms with van der Waals surface area (Å²) in [7, 11) is 0. The van der Waals surface area contributed by atoms with Crippen molar-refractivity contribution < 1.29 is 9.18 Å². The minimum absolute atomic E-state index is 0.0510. The Morgan fingerprint density at radius 1 is 1.44 bits per heavy atom. The van der Waals surface area contributed by atoms with Crippen LogP contribution in [0.5, 0.6) is 0 Å². The molecule has 2 N–H and O–H groups in total. The number of aryl methyl sites for hydroxylation is 1. The van der Waals surface area contributed by atoms with Crippen LogP contribution in [-0.4, -0.2) is 11.0 Å². The molecular weight excluding hydrogens is 277 g/mol. The number of carbonyl (C=O) groups excluding carboxylic acids is 1. The average molecular weight is 286 g/mol. The Balaban J connectivity index is 2.08. The van der Waals surface area contributed by atoms with Gasteiger partial charge >= 0.3 is 6.03 Å². The normalized spacial score (nSPS) is 10.2. The van der Waals surface area contributed by atoms with Crippen LogP contribution >= 0.6 is 22.9 Å². The number of amides is 2. The van der Waals surface area contributed by atoms with Gasteiger partial charge in [-0.15, -0.1) is 11.3 Å². The highest BCUT2D eigenvalue weighted by atomic mass is 35.5. The predicted octanol–water partition coefficient (Wildman–Crippen LogP) is 3.89. The first-order chi connectivity index (χ1) is 8.56. The molecule has 0 aliphatic heterocycles. The van der Waals surface area contributed by atoms with Gasteiger partial charge in [0.1, 0.15) is 5.82 Å². The van der Waals surface area contributed by atoms with E-state index in [-0.39, 0.29) is 10.7 Å². The minimum atomic E-state index is -0.590. The third kappa shape index (κ3) is 2.96. The molecule has 0 atom stereocenters. The van der Waals surface area contributed by atoms with E-state index in [0.717, 1.165) is 5.69 Å². The van der Waals surface area contributed by atoms with Crippen LogP contribution in [0.1, 0.15) is 5.69 Å². The van der Waals surface area contributed by atoms with E-state index in [1.54, 1.807) is 5.38 Å². The number of rotatable bonds is 2. The Kier molecular flexibility index (Phi) is 3.78. The third-order valence-corrected chi connectivity index (χ3v) is 3.23. The first kappa shape index (κ1) is 12.8. The van der Waals surface area contributed by atoms with Crippen molar-refractivity contribution in [3.63, 3.8) is 0 Å². The number of nitrogens with zero attached hydrogens (tertiary/aromatic N) is 1. The molecule has 1 aromatic heterocycles. The van der Waals surface area contributed by atoms with Gasteiger partial charge in [-0.25, -0.2) is 14.2 Å². The van der Waals surface area contributed by atoms with Crippen molar-refractivity contribution in [3.05, 3.63) is 40.1 Å². The molecule has 0 unspecified atom stereocenters. The summed E-state index contributed by atoms with van der Waals surface area (Å²) < 4.78 is 13.4. The lowest BCUT2D eigenvalue weighted by molar-refractivity contribution is 0.262. The summed E-state index contributed by atoms with van der Waals surface area (Å²) in [6.07, 6.45) is 0. The molecule has 1 aromatic carbocycles. The fraction of sp³-hybridized carbons (Fsp3) is 0.0909. The van der Waals surface area contributed by atoms with E-state index in [1.165, 1.54) is 29.5 Å². The molecule has 0 aliphatic carbocycles. The van der Waals surface area contributed by atoms with Gasteiger partial charge in [0.2, 0.25) is 0 Å². The van der Waals surface area contributed by atoms with Crippen LogP contribution in [0.3, 0.4) is 0 Å². The van der Waals surface area contributed by atoms with Crippen LogP contribution in [0.4, 0.5) is 20.0 Å². The maximum Gasteiger partial charge on any atom is 0.325 e. The van der Waals surface area contributed by atoms with E-state index < -0.39 is 11.8 Å². The van der Waals surface area contributed by atoms with E-state index >= 15 is 0 Å². The zero-order valence-corrected chi connectivity index (χ0v) is 10.9. The Labute approximate surface area is 112 Å². The van der Waals surface area contributed by atoms with E-state index in [2.05, 4.69) is 15.6 Å². The number of benzene rings is 1. The minimum Gasteiger partial charge on any atom is -0.304 e. The van der Waals surface area contributed by atoms with Gasteiger partial charge in [0.05, 0.1) is 16.4 Å². The number of hydrogen-bond donors (Lipinski definition) is 2. The molecule has 0 aliphatic rings. The molecule has 0 bridgehead atoms. The van der Waals surface area contributed by atoms with Crippen LogP contribution in [0.25, 0.3) is 0 Å². The van der Waals surface area contributed by atoms with Crippen molar-refractivity contribution in [2.45, 2.75) is 6.92 Å². The van der Waals surface area contributed by atoms with Gasteiger partial charge in [-0.3, -0.25) is 5.32 Å². The Morgan fingerprint density at radius 2 is 2.22 bits per heavy atom. The average Bonchev–Trinajstić information content (AvgIpc) is 2.69. The summed E-state index contributed by atoms with van der Waals surface area (Å²) in [6.45, 7) is 1.81. The number of nitrogens with one attached hydrogen (secondary N) is 2. The molecule has 2 aromatic rings. The first-order valence-corrected chi connectivity index (χ1v) is 6.26. The number of hydrogen-bond acceptors (Lipinski definition) is 3. The van der Waals surface area contributed by atoms with Gasteiger partial charge in [-0.05, 0) is 19.1 Å². The zero-order chi connectivity index (χ0) is 13.1. The number of para-hydroxylation sites is 1. The fourth-order valence-corrected chi connectivity index (χ4v) is 2.16. The lowest BCUT2D eigenvalue weighted by atomic mass is 10.3. The highest BCUT2D eigenvalue weighted by molar-refractivity contribution is 7.13. The number of carbonyl (C=O) groups is 1. The van der Waals surface area contributed by atoms with Gasteiger partial charge in [0.15, 0.2) is 5.13 Å². The summed E-state index contributed by atoms with van der Waals surface area (Å²) in [5.41, 5.74) is 0.754. The van der Waals surface area contributed by atoms with Crippen molar-refractivity contribution in [1.82, 2.24) is 4.98 Å². The lowest BCUT2D eigenvalue weighted by Gasteiger charge is -2.07. The molecule has 2 rings (SSSR count). The second-order valence-corrected chi connectivity index (χ2v) is 4.74. The molecule has 18 heavy (non-hydrogen) atoms. The SMILES string of the molecule is Cc1csc(NC(=O)Nc2c(F)cccc2Cl)n1. The van der Waals surface area contributed by atoms with Crippen LogP contribution in [0.2, 0.25) is 5.02 Å². The van der Waals surface area contributed by atoms with Gasteiger partial charge in [0, 0.05) is 5.38 Å². The molecule has 0 saturated carbocycles. The summed E-state index contributed by atoms with van der Waals surface area (Å²) in [4.78, 5) is 15.7. The van der Waals surface area contributed by atoms with Crippen molar-refractivity contribution in [3.8, 4) is 0 Å². The molecule has 94 valence electrons. The topological polar surface area (TPSA) is 54.0 Å². The highest BCUT2D eigenvalue weighted by Gasteiger charge is 2.11. The van der Waals surface area contributed by atoms with Crippen molar-refractivity contribution in [2.24, 2.45) is 0 Å². The predicted molar refractivity (Wildman–Crippen MR) is 70.9 cm³/mol. The third-order valence-electron chi connectivity index (χ3n) is 2.04. The maximum absolute atomic E-state index is 13.4. The van der Waals surface area contributed by atoms with Crippen molar-refractivity contribution in [2.75, 3.05) is 10.6 Å². The monoisotopic (exact) mass is 285 g/mol. The number of halogens is 2. The van der Waals surface area contributed by atoms with Gasteiger partial charge in [-0.2, -0.15) is 0 Å². The molecule has 4 nitrogen and oxygen atoms in total. The summed E-state index contributed by atoms with van der Waals surface area (Å²) >= 11 is 7.07. The number of aromatic nitrogens is 1. The highest BCUT2D eigenvalue weighted by Crippen LogP contribution is 2.25. The Bertz CT molecular complexity index is 567. The second kappa shape index (κ2) is 5.32. The van der Waals surface area contributed by atoms with Crippen LogP contribution < -0.4 is 10.6 Å². The summed E-state index contributed by atoms with van der Waals surface area (Å²) in [5.74, 6) is -0.590. The van der Waals surface area contributed by atoms with Gasteiger partial charge in [0.25, 0.3) is 0 Å².